The number of halogens is 4. The van der Waals surface area contributed by atoms with E-state index in [0.717, 1.165) is 43.2 Å². The van der Waals surface area contributed by atoms with Crippen molar-refractivity contribution in [1.29, 1.82) is 0 Å². The standard InChI is InChI=1S/C34H43BrF3N7O4/c35-27-20-22(19-26(30(27)39)34(36,37)38)21-29(31(46)43-17-15-42(16-18-43)24-5-10-40-11-6-24)49-33(48)44-12-8-25(9-13-44)45-14-7-23-3-1-2-4-28(23)41-32(45)47/h1-4,19-20,24-25,29,40H,5-18,21,39H2,(H,41,47)/t29-/m1/s1. The molecule has 0 spiro atoms. The molecule has 0 bridgehead atoms. The van der Waals surface area contributed by atoms with Gasteiger partial charge in [0.05, 0.1) is 11.3 Å². The Bertz CT molecular complexity index is 1520. The highest BCUT2D eigenvalue weighted by Gasteiger charge is 2.38. The molecule has 3 saturated heterocycles. The molecule has 1 atom stereocenters. The van der Waals surface area contributed by atoms with Crippen LogP contribution in [0, 0.1) is 0 Å². The molecule has 0 radical (unpaired) electrons. The number of alkyl halides is 3. The lowest BCUT2D eigenvalue weighted by Gasteiger charge is -2.41. The molecule has 4 aliphatic rings. The zero-order chi connectivity index (χ0) is 34.7. The summed E-state index contributed by atoms with van der Waals surface area (Å²) < 4.78 is 47.4. The van der Waals surface area contributed by atoms with Crippen LogP contribution >= 0.6 is 15.9 Å². The van der Waals surface area contributed by atoms with Gasteiger partial charge in [0.2, 0.25) is 0 Å². The fraction of sp³-hybridized carbons (Fsp3) is 0.559. The first kappa shape index (κ1) is 35.3. The molecule has 0 saturated carbocycles. The third-order valence-electron chi connectivity index (χ3n) is 10.2. The molecule has 0 aromatic heterocycles. The maximum Gasteiger partial charge on any atom is 0.418 e. The van der Waals surface area contributed by atoms with Gasteiger partial charge in [0.25, 0.3) is 5.91 Å². The van der Waals surface area contributed by atoms with E-state index in [-0.39, 0.29) is 28.5 Å². The summed E-state index contributed by atoms with van der Waals surface area (Å²) >= 11 is 3.13. The van der Waals surface area contributed by atoms with Crippen molar-refractivity contribution < 1.29 is 32.3 Å². The van der Waals surface area contributed by atoms with E-state index >= 15 is 0 Å². The van der Waals surface area contributed by atoms with Crippen molar-refractivity contribution in [2.75, 3.05) is 70.0 Å². The van der Waals surface area contributed by atoms with Crippen molar-refractivity contribution in [3.8, 4) is 0 Å². The van der Waals surface area contributed by atoms with E-state index in [1.165, 1.54) is 11.0 Å². The van der Waals surface area contributed by atoms with E-state index in [0.29, 0.717) is 71.1 Å². The third-order valence-corrected chi connectivity index (χ3v) is 10.8. The molecule has 3 fully saturated rings. The van der Waals surface area contributed by atoms with E-state index < -0.39 is 35.5 Å². The predicted octanol–water partition coefficient (Wildman–Crippen LogP) is 4.55. The summed E-state index contributed by atoms with van der Waals surface area (Å²) in [6, 6.07) is 10.2. The normalized spacial score (nSPS) is 20.7. The number of piperazine rings is 1. The number of benzene rings is 2. The van der Waals surface area contributed by atoms with Crippen LogP contribution in [0.5, 0.6) is 0 Å². The number of likely N-dealkylation sites (tertiary alicyclic amines) is 1. The second-order valence-corrected chi connectivity index (χ2v) is 14.1. The molecular weight excluding hydrogens is 707 g/mol. The fourth-order valence-corrected chi connectivity index (χ4v) is 7.90. The molecule has 49 heavy (non-hydrogen) atoms. The first-order valence-electron chi connectivity index (χ1n) is 17.0. The maximum atomic E-state index is 14.0. The Balaban J connectivity index is 1.12. The van der Waals surface area contributed by atoms with Gasteiger partial charge < -0.3 is 35.8 Å². The summed E-state index contributed by atoms with van der Waals surface area (Å²) in [5.74, 6) is -0.435. The minimum absolute atomic E-state index is 0.0492. The number of carbonyl (C=O) groups excluding carboxylic acids is 3. The summed E-state index contributed by atoms with van der Waals surface area (Å²) in [7, 11) is 0. The average Bonchev–Trinajstić information content (AvgIpc) is 3.27. The summed E-state index contributed by atoms with van der Waals surface area (Å²) in [4.78, 5) is 47.9. The lowest BCUT2D eigenvalue weighted by Crippen LogP contribution is -2.56. The smallest absolute Gasteiger partial charge is 0.418 e. The Morgan fingerprint density at radius 3 is 2.33 bits per heavy atom. The van der Waals surface area contributed by atoms with Crippen LogP contribution in [0.3, 0.4) is 0 Å². The van der Waals surface area contributed by atoms with Crippen LogP contribution in [0.1, 0.15) is 42.4 Å². The van der Waals surface area contributed by atoms with Gasteiger partial charge in [0.1, 0.15) is 0 Å². The number of hydrogen-bond donors (Lipinski definition) is 3. The number of nitrogens with zero attached hydrogens (tertiary/aromatic N) is 4. The Hall–Kier alpha value is -3.56. The molecule has 15 heteroatoms. The largest absolute Gasteiger partial charge is 0.436 e. The number of nitrogens with two attached hydrogens (primary N) is 1. The molecule has 266 valence electrons. The lowest BCUT2D eigenvalue weighted by atomic mass is 10.0. The van der Waals surface area contributed by atoms with Gasteiger partial charge in [-0.05, 0) is 90.4 Å². The topological polar surface area (TPSA) is 123 Å². The van der Waals surface area contributed by atoms with E-state index in [2.05, 4.69) is 31.5 Å². The van der Waals surface area contributed by atoms with Crippen LogP contribution in [0.4, 0.5) is 34.1 Å². The van der Waals surface area contributed by atoms with Gasteiger partial charge in [-0.15, -0.1) is 0 Å². The number of para-hydroxylation sites is 1. The molecule has 4 amide bonds. The first-order chi connectivity index (χ1) is 23.5. The molecule has 4 heterocycles. The van der Waals surface area contributed by atoms with Crippen molar-refractivity contribution >= 4 is 45.3 Å². The number of amides is 4. The predicted molar refractivity (Wildman–Crippen MR) is 182 cm³/mol. The van der Waals surface area contributed by atoms with E-state index in [9.17, 15) is 27.6 Å². The van der Waals surface area contributed by atoms with Crippen LogP contribution in [0.25, 0.3) is 0 Å². The molecule has 2 aromatic rings. The van der Waals surface area contributed by atoms with Gasteiger partial charge in [-0.1, -0.05) is 18.2 Å². The van der Waals surface area contributed by atoms with Crippen molar-refractivity contribution in [3.63, 3.8) is 0 Å². The van der Waals surface area contributed by atoms with Crippen molar-refractivity contribution in [1.82, 2.24) is 24.9 Å². The Morgan fingerprint density at radius 1 is 0.939 bits per heavy atom. The maximum absolute atomic E-state index is 14.0. The number of nitrogens with one attached hydrogen (secondary N) is 2. The zero-order valence-corrected chi connectivity index (χ0v) is 28.9. The van der Waals surface area contributed by atoms with E-state index in [4.69, 9.17) is 10.5 Å². The van der Waals surface area contributed by atoms with Crippen LogP contribution in [-0.4, -0.2) is 115 Å². The Morgan fingerprint density at radius 2 is 1.63 bits per heavy atom. The highest BCUT2D eigenvalue weighted by atomic mass is 79.9. The second-order valence-electron chi connectivity index (χ2n) is 13.2. The third kappa shape index (κ3) is 8.26. The number of fused-ring (bicyclic) bond motifs is 1. The highest BCUT2D eigenvalue weighted by Crippen LogP contribution is 2.38. The number of ether oxygens (including phenoxy) is 1. The van der Waals surface area contributed by atoms with E-state index in [1.807, 2.05) is 29.2 Å². The molecule has 0 aliphatic carbocycles. The van der Waals surface area contributed by atoms with Gasteiger partial charge in [0.15, 0.2) is 6.10 Å². The average molecular weight is 751 g/mol. The van der Waals surface area contributed by atoms with Gasteiger partial charge >= 0.3 is 18.3 Å². The van der Waals surface area contributed by atoms with Gasteiger partial charge in [-0.2, -0.15) is 13.2 Å². The first-order valence-corrected chi connectivity index (χ1v) is 17.8. The SMILES string of the molecule is Nc1c(Br)cc(C[C@@H](OC(=O)N2CCC(N3CCc4ccccc4NC3=O)CC2)C(=O)N2CCN(C3CCNCC3)CC2)cc1C(F)(F)F. The number of piperidine rings is 2. The minimum atomic E-state index is -4.71. The highest BCUT2D eigenvalue weighted by molar-refractivity contribution is 9.10. The van der Waals surface area contributed by atoms with Crippen LogP contribution in [0.2, 0.25) is 0 Å². The lowest BCUT2D eigenvalue weighted by molar-refractivity contribution is -0.143. The van der Waals surface area contributed by atoms with Gasteiger partial charge in [-0.3, -0.25) is 9.69 Å². The fourth-order valence-electron chi connectivity index (χ4n) is 7.40. The molecule has 6 rings (SSSR count). The quantitative estimate of drug-likeness (QED) is 0.371. The van der Waals surface area contributed by atoms with Crippen molar-refractivity contribution in [2.45, 2.75) is 62.9 Å². The number of rotatable bonds is 6. The number of anilines is 2. The van der Waals surface area contributed by atoms with Crippen LogP contribution < -0.4 is 16.4 Å². The van der Waals surface area contributed by atoms with Crippen molar-refractivity contribution in [2.24, 2.45) is 0 Å². The van der Waals surface area contributed by atoms with Crippen LogP contribution in [-0.2, 0) is 28.5 Å². The zero-order valence-electron chi connectivity index (χ0n) is 27.3. The molecule has 0 unspecified atom stereocenters. The summed E-state index contributed by atoms with van der Waals surface area (Å²) in [5.41, 5.74) is 6.30. The number of hydrogen-bond acceptors (Lipinski definition) is 7. The Labute approximate surface area is 292 Å². The molecule has 11 nitrogen and oxygen atoms in total. The molecule has 2 aromatic carbocycles. The number of urea groups is 1. The Kier molecular flexibility index (Phi) is 10.9. The summed E-state index contributed by atoms with van der Waals surface area (Å²) in [5, 5.41) is 6.36. The van der Waals surface area contributed by atoms with Crippen molar-refractivity contribution in [3.05, 3.63) is 57.6 Å². The summed E-state index contributed by atoms with van der Waals surface area (Å²) in [6.45, 7) is 5.29. The monoisotopic (exact) mass is 749 g/mol. The second kappa shape index (κ2) is 15.1. The number of carbonyl (C=O) groups is 3. The van der Waals surface area contributed by atoms with Gasteiger partial charge in [-0.25, -0.2) is 9.59 Å². The minimum Gasteiger partial charge on any atom is -0.436 e. The van der Waals surface area contributed by atoms with Gasteiger partial charge in [0, 0.05) is 74.5 Å². The molecule has 4 aliphatic heterocycles. The molecule has 4 N–H and O–H groups in total. The summed E-state index contributed by atoms with van der Waals surface area (Å²) in [6.07, 6.45) is -3.16. The van der Waals surface area contributed by atoms with E-state index in [1.54, 1.807) is 4.90 Å². The molecular formula is C34H43BrF3N7O4. The number of nitrogen functional groups attached to an aromatic ring is 1. The van der Waals surface area contributed by atoms with Crippen LogP contribution in [0.15, 0.2) is 40.9 Å².